The van der Waals surface area contributed by atoms with Crippen LogP contribution < -0.4 is 4.74 Å². The van der Waals surface area contributed by atoms with Gasteiger partial charge in [-0.05, 0) is 104 Å². The van der Waals surface area contributed by atoms with Gasteiger partial charge in [0.2, 0.25) is 0 Å². The number of methoxy groups -OCH3 is 1. The molecule has 2 nitrogen and oxygen atoms in total. The topological polar surface area (TPSA) is 26.3 Å². The molecular weight excluding hydrogens is 356 g/mol. The van der Waals surface area contributed by atoms with E-state index in [4.69, 9.17) is 4.74 Å². The van der Waals surface area contributed by atoms with Crippen LogP contribution in [0.15, 0.2) is 24.3 Å². The summed E-state index contributed by atoms with van der Waals surface area (Å²) in [6.45, 7) is 4.94. The standard InChI is InChI=1S/C27H38O2/c1-17-7-9-21-18(15-17)8-10-23-22(21)13-14-27(2)24(23)11-12-25(27)26(28)19-5-4-6-20(16-19)29-3/h4-6,16-18,21-25H,7-15H2,1-3H3. The number of hydrogen-bond acceptors (Lipinski definition) is 2. The summed E-state index contributed by atoms with van der Waals surface area (Å²) in [5.41, 5.74) is 1.05. The van der Waals surface area contributed by atoms with E-state index >= 15 is 0 Å². The van der Waals surface area contributed by atoms with Crippen molar-refractivity contribution in [3.63, 3.8) is 0 Å². The van der Waals surface area contributed by atoms with E-state index in [0.717, 1.165) is 53.2 Å². The predicted octanol–water partition coefficient (Wildman–Crippen LogP) is 6.78. The molecule has 1 aromatic rings. The first-order chi connectivity index (χ1) is 14.0. The minimum Gasteiger partial charge on any atom is -0.497 e. The molecular formula is C27H38O2. The molecule has 5 rings (SSSR count). The molecule has 0 aliphatic heterocycles. The van der Waals surface area contributed by atoms with Gasteiger partial charge < -0.3 is 4.74 Å². The number of fused-ring (bicyclic) bond motifs is 5. The van der Waals surface area contributed by atoms with Gasteiger partial charge in [-0.3, -0.25) is 4.79 Å². The van der Waals surface area contributed by atoms with Crippen molar-refractivity contribution < 1.29 is 9.53 Å². The summed E-state index contributed by atoms with van der Waals surface area (Å²) in [6.07, 6.45) is 12.3. The monoisotopic (exact) mass is 394 g/mol. The van der Waals surface area contributed by atoms with Gasteiger partial charge in [-0.1, -0.05) is 32.4 Å². The van der Waals surface area contributed by atoms with E-state index in [1.807, 2.05) is 24.3 Å². The molecule has 0 saturated heterocycles. The number of carbonyl (C=O) groups excluding carboxylic acids is 1. The van der Waals surface area contributed by atoms with Gasteiger partial charge in [-0.25, -0.2) is 0 Å². The Morgan fingerprint density at radius 1 is 1.00 bits per heavy atom. The Morgan fingerprint density at radius 2 is 1.83 bits per heavy atom. The molecule has 0 bridgehead atoms. The number of ketones is 1. The quantitative estimate of drug-likeness (QED) is 0.528. The summed E-state index contributed by atoms with van der Waals surface area (Å²) < 4.78 is 5.38. The molecule has 4 saturated carbocycles. The maximum atomic E-state index is 13.5. The van der Waals surface area contributed by atoms with Crippen molar-refractivity contribution in [2.24, 2.45) is 46.8 Å². The van der Waals surface area contributed by atoms with E-state index in [1.54, 1.807) is 7.11 Å². The van der Waals surface area contributed by atoms with Gasteiger partial charge in [0.25, 0.3) is 0 Å². The summed E-state index contributed by atoms with van der Waals surface area (Å²) >= 11 is 0. The average Bonchev–Trinajstić information content (AvgIpc) is 3.10. The first kappa shape index (κ1) is 19.6. The van der Waals surface area contributed by atoms with Gasteiger partial charge in [-0.15, -0.1) is 0 Å². The second-order valence-corrected chi connectivity index (χ2v) is 11.1. The molecule has 0 N–H and O–H groups in total. The summed E-state index contributed by atoms with van der Waals surface area (Å²) in [5.74, 6) is 6.89. The van der Waals surface area contributed by atoms with Crippen LogP contribution in [0.1, 0.15) is 82.0 Å². The van der Waals surface area contributed by atoms with E-state index in [0.29, 0.717) is 5.78 Å². The molecule has 4 aliphatic rings. The van der Waals surface area contributed by atoms with Crippen LogP contribution in [-0.4, -0.2) is 12.9 Å². The van der Waals surface area contributed by atoms with Crippen LogP contribution in [-0.2, 0) is 0 Å². The highest BCUT2D eigenvalue weighted by molar-refractivity contribution is 5.99. The molecule has 2 heteroatoms. The highest BCUT2D eigenvalue weighted by Gasteiger charge is 2.58. The first-order valence-electron chi connectivity index (χ1n) is 12.2. The van der Waals surface area contributed by atoms with Crippen LogP contribution >= 0.6 is 0 Å². The lowest BCUT2D eigenvalue weighted by atomic mass is 9.49. The zero-order chi connectivity index (χ0) is 20.2. The van der Waals surface area contributed by atoms with Crippen molar-refractivity contribution in [3.05, 3.63) is 29.8 Å². The van der Waals surface area contributed by atoms with Crippen molar-refractivity contribution in [1.82, 2.24) is 0 Å². The van der Waals surface area contributed by atoms with Crippen LogP contribution in [0.5, 0.6) is 5.75 Å². The van der Waals surface area contributed by atoms with E-state index in [-0.39, 0.29) is 11.3 Å². The van der Waals surface area contributed by atoms with Gasteiger partial charge in [-0.2, -0.15) is 0 Å². The Labute approximate surface area is 176 Å². The molecule has 158 valence electrons. The lowest BCUT2D eigenvalue weighted by Gasteiger charge is -2.56. The van der Waals surface area contributed by atoms with E-state index in [1.165, 1.54) is 51.4 Å². The zero-order valence-electron chi connectivity index (χ0n) is 18.5. The van der Waals surface area contributed by atoms with Crippen LogP contribution in [0.2, 0.25) is 0 Å². The third kappa shape index (κ3) is 3.17. The summed E-state index contributed by atoms with van der Waals surface area (Å²) in [4.78, 5) is 13.5. The summed E-state index contributed by atoms with van der Waals surface area (Å²) in [6, 6.07) is 7.83. The predicted molar refractivity (Wildman–Crippen MR) is 117 cm³/mol. The first-order valence-corrected chi connectivity index (χ1v) is 12.2. The molecule has 0 aromatic heterocycles. The second kappa shape index (κ2) is 7.43. The fraction of sp³-hybridized carbons (Fsp3) is 0.741. The molecule has 4 aliphatic carbocycles. The molecule has 29 heavy (non-hydrogen) atoms. The maximum absolute atomic E-state index is 13.5. The van der Waals surface area contributed by atoms with Crippen molar-refractivity contribution in [1.29, 1.82) is 0 Å². The lowest BCUT2D eigenvalue weighted by molar-refractivity contribution is -0.0634. The van der Waals surface area contributed by atoms with Gasteiger partial charge >= 0.3 is 0 Å². The molecule has 0 amide bonds. The van der Waals surface area contributed by atoms with Gasteiger partial charge in [0, 0.05) is 11.5 Å². The van der Waals surface area contributed by atoms with E-state index in [9.17, 15) is 4.79 Å². The number of hydrogen-bond donors (Lipinski definition) is 0. The maximum Gasteiger partial charge on any atom is 0.166 e. The smallest absolute Gasteiger partial charge is 0.166 e. The highest BCUT2D eigenvalue weighted by atomic mass is 16.5. The van der Waals surface area contributed by atoms with Gasteiger partial charge in [0.1, 0.15) is 5.75 Å². The van der Waals surface area contributed by atoms with E-state index in [2.05, 4.69) is 13.8 Å². The minimum atomic E-state index is 0.199. The third-order valence-corrected chi connectivity index (χ3v) is 9.89. The van der Waals surface area contributed by atoms with Crippen LogP contribution in [0.4, 0.5) is 0 Å². The van der Waals surface area contributed by atoms with E-state index < -0.39 is 0 Å². The molecule has 0 radical (unpaired) electrons. The second-order valence-electron chi connectivity index (χ2n) is 11.1. The van der Waals surface area contributed by atoms with Crippen molar-refractivity contribution in [3.8, 4) is 5.75 Å². The number of carbonyl (C=O) groups is 1. The third-order valence-electron chi connectivity index (χ3n) is 9.89. The molecule has 4 fully saturated rings. The molecule has 0 spiro atoms. The number of rotatable bonds is 3. The van der Waals surface area contributed by atoms with Gasteiger partial charge in [0.05, 0.1) is 7.11 Å². The minimum absolute atomic E-state index is 0.199. The van der Waals surface area contributed by atoms with Crippen LogP contribution in [0.3, 0.4) is 0 Å². The van der Waals surface area contributed by atoms with Crippen molar-refractivity contribution in [2.75, 3.05) is 7.11 Å². The Balaban J connectivity index is 1.37. The molecule has 8 unspecified atom stereocenters. The number of Topliss-reactive ketones (excluding diaryl/α,β-unsaturated/α-hetero) is 1. The molecule has 1 aromatic carbocycles. The Morgan fingerprint density at radius 3 is 2.66 bits per heavy atom. The molecule has 0 heterocycles. The van der Waals surface area contributed by atoms with Crippen LogP contribution in [0, 0.1) is 46.8 Å². The van der Waals surface area contributed by atoms with Crippen molar-refractivity contribution in [2.45, 2.75) is 71.6 Å². The van der Waals surface area contributed by atoms with Crippen LogP contribution in [0.25, 0.3) is 0 Å². The lowest BCUT2D eigenvalue weighted by Crippen LogP contribution is -2.49. The highest BCUT2D eigenvalue weighted by Crippen LogP contribution is 2.64. The molecule has 8 atom stereocenters. The fourth-order valence-electron chi connectivity index (χ4n) is 8.50. The zero-order valence-corrected chi connectivity index (χ0v) is 18.5. The van der Waals surface area contributed by atoms with Crippen molar-refractivity contribution >= 4 is 5.78 Å². The summed E-state index contributed by atoms with van der Waals surface area (Å²) in [7, 11) is 1.68. The average molecular weight is 395 g/mol. The summed E-state index contributed by atoms with van der Waals surface area (Å²) in [5, 5.41) is 0. The Hall–Kier alpha value is -1.31. The number of ether oxygens (including phenoxy) is 1. The van der Waals surface area contributed by atoms with Gasteiger partial charge in [0.15, 0.2) is 5.78 Å². The number of benzene rings is 1. The largest absolute Gasteiger partial charge is 0.497 e. The normalized spacial score (nSPS) is 43.8. The fourth-order valence-corrected chi connectivity index (χ4v) is 8.50. The SMILES string of the molecule is COc1cccc(C(=O)C2CCC3C4CCC5CC(C)CCC5C4CCC23C)c1. The Bertz CT molecular complexity index is 770. The Kier molecular flexibility index (Phi) is 5.03.